The van der Waals surface area contributed by atoms with Crippen LogP contribution in [-0.2, 0) is 0 Å². The van der Waals surface area contributed by atoms with Crippen molar-refractivity contribution in [2.24, 2.45) is 0 Å². The van der Waals surface area contributed by atoms with Crippen molar-refractivity contribution in [2.45, 2.75) is 19.5 Å². The van der Waals surface area contributed by atoms with Crippen molar-refractivity contribution in [2.75, 3.05) is 29.1 Å². The molecule has 0 saturated heterocycles. The highest BCUT2D eigenvalue weighted by atomic mass is 16.3. The number of anilines is 3. The molecule has 4 N–H and O–H groups in total. The first-order chi connectivity index (χ1) is 14.2. The zero-order chi connectivity index (χ0) is 20.2. The van der Waals surface area contributed by atoms with Crippen LogP contribution in [0.25, 0.3) is 11.1 Å². The molecule has 3 aromatic rings. The number of aliphatic hydroxyl groups excluding tert-OH is 1. The molecule has 1 aliphatic heterocycles. The van der Waals surface area contributed by atoms with E-state index in [1.54, 1.807) is 6.92 Å². The van der Waals surface area contributed by atoms with Gasteiger partial charge in [-0.05, 0) is 37.6 Å². The number of hydrogen-bond donors (Lipinski definition) is 4. The Hall–Kier alpha value is -3.38. The van der Waals surface area contributed by atoms with Crippen LogP contribution < -0.4 is 16.0 Å². The normalized spacial score (nSPS) is 14.3. The second-order valence-electron chi connectivity index (χ2n) is 7.06. The largest absolute Gasteiger partial charge is 0.396 e. The molecule has 4 rings (SSSR count). The van der Waals surface area contributed by atoms with Gasteiger partial charge in [-0.3, -0.25) is 4.79 Å². The zero-order valence-corrected chi connectivity index (χ0v) is 16.3. The number of ketones is 1. The maximum atomic E-state index is 11.8. The number of pyridine rings is 1. The third kappa shape index (κ3) is 4.07. The van der Waals surface area contributed by atoms with E-state index in [2.05, 4.69) is 20.9 Å². The van der Waals surface area contributed by atoms with Gasteiger partial charge in [-0.2, -0.15) is 0 Å². The summed E-state index contributed by atoms with van der Waals surface area (Å²) >= 11 is 0. The lowest BCUT2D eigenvalue weighted by atomic mass is 9.92. The third-order valence-corrected chi connectivity index (χ3v) is 4.99. The number of fused-ring (bicyclic) bond motifs is 3. The lowest BCUT2D eigenvalue weighted by molar-refractivity contribution is 0.101. The number of Topliss-reactive ketones (excluding diaryl/α,β-unsaturated/α-hetero) is 1. The van der Waals surface area contributed by atoms with Crippen LogP contribution in [0.2, 0.25) is 0 Å². The minimum absolute atomic E-state index is 0.0366. The van der Waals surface area contributed by atoms with Crippen molar-refractivity contribution in [3.63, 3.8) is 0 Å². The van der Waals surface area contributed by atoms with Crippen molar-refractivity contribution < 1.29 is 9.90 Å². The van der Waals surface area contributed by atoms with Crippen LogP contribution in [-0.4, -0.2) is 29.0 Å². The SMILES string of the molecule is CC(=O)c1ccc2c(c1)NC(Nc1ccccc1)c1cc(NCCCO)ncc1-2. The molecule has 0 radical (unpaired) electrons. The van der Waals surface area contributed by atoms with Gasteiger partial charge in [0.2, 0.25) is 0 Å². The number of nitrogens with one attached hydrogen (secondary N) is 3. The van der Waals surface area contributed by atoms with E-state index < -0.39 is 0 Å². The average Bonchev–Trinajstić information content (AvgIpc) is 2.74. The molecule has 0 amide bonds. The van der Waals surface area contributed by atoms with Crippen molar-refractivity contribution in [3.05, 3.63) is 71.9 Å². The molecule has 0 spiro atoms. The first-order valence-electron chi connectivity index (χ1n) is 9.74. The Kier molecular flexibility index (Phi) is 5.44. The molecule has 0 aliphatic carbocycles. The molecule has 1 atom stereocenters. The Labute approximate surface area is 170 Å². The Morgan fingerprint density at radius 2 is 1.97 bits per heavy atom. The molecule has 0 bridgehead atoms. The standard InChI is InChI=1S/C23H24N4O2/c1-15(29)16-8-9-18-20-14-25-22(24-10-5-11-28)13-19(20)23(27-21(18)12-16)26-17-6-3-2-4-7-17/h2-4,6-9,12-14,23,26-28H,5,10-11H2,1H3,(H,24,25). The van der Waals surface area contributed by atoms with E-state index in [-0.39, 0.29) is 18.6 Å². The van der Waals surface area contributed by atoms with E-state index in [9.17, 15) is 4.79 Å². The molecule has 6 nitrogen and oxygen atoms in total. The van der Waals surface area contributed by atoms with E-state index in [0.717, 1.165) is 33.9 Å². The van der Waals surface area contributed by atoms with E-state index in [0.29, 0.717) is 18.5 Å². The average molecular weight is 388 g/mol. The molecule has 1 unspecified atom stereocenters. The zero-order valence-electron chi connectivity index (χ0n) is 16.3. The summed E-state index contributed by atoms with van der Waals surface area (Å²) in [6, 6.07) is 17.7. The van der Waals surface area contributed by atoms with E-state index in [1.165, 1.54) is 0 Å². The molecule has 29 heavy (non-hydrogen) atoms. The summed E-state index contributed by atoms with van der Waals surface area (Å²) < 4.78 is 0. The summed E-state index contributed by atoms with van der Waals surface area (Å²) in [7, 11) is 0. The van der Waals surface area contributed by atoms with Crippen LogP contribution in [0, 0.1) is 0 Å². The number of benzene rings is 2. The highest BCUT2D eigenvalue weighted by Crippen LogP contribution is 2.41. The molecule has 0 saturated carbocycles. The fourth-order valence-corrected chi connectivity index (χ4v) is 3.49. The lowest BCUT2D eigenvalue weighted by Crippen LogP contribution is -2.25. The summed E-state index contributed by atoms with van der Waals surface area (Å²) in [4.78, 5) is 16.4. The predicted octanol–water partition coefficient (Wildman–Crippen LogP) is 4.28. The smallest absolute Gasteiger partial charge is 0.159 e. The Morgan fingerprint density at radius 1 is 1.14 bits per heavy atom. The predicted molar refractivity (Wildman–Crippen MR) is 116 cm³/mol. The number of carbonyl (C=O) groups excluding carboxylic acids is 1. The Bertz CT molecular complexity index is 1020. The maximum Gasteiger partial charge on any atom is 0.159 e. The van der Waals surface area contributed by atoms with Gasteiger partial charge in [-0.15, -0.1) is 0 Å². The van der Waals surface area contributed by atoms with Gasteiger partial charge in [-0.25, -0.2) is 4.98 Å². The van der Waals surface area contributed by atoms with Crippen LogP contribution >= 0.6 is 0 Å². The third-order valence-electron chi connectivity index (χ3n) is 4.99. The van der Waals surface area contributed by atoms with Crippen LogP contribution in [0.4, 0.5) is 17.2 Å². The Morgan fingerprint density at radius 3 is 2.72 bits per heavy atom. The fourth-order valence-electron chi connectivity index (χ4n) is 3.49. The number of nitrogens with zero attached hydrogens (tertiary/aromatic N) is 1. The molecule has 2 heterocycles. The molecule has 148 valence electrons. The van der Waals surface area contributed by atoms with Crippen molar-refractivity contribution in [3.8, 4) is 11.1 Å². The van der Waals surface area contributed by atoms with Gasteiger partial charge in [0.25, 0.3) is 0 Å². The highest BCUT2D eigenvalue weighted by Gasteiger charge is 2.25. The van der Waals surface area contributed by atoms with Crippen molar-refractivity contribution in [1.82, 2.24) is 4.98 Å². The quantitative estimate of drug-likeness (QED) is 0.357. The molecular weight excluding hydrogens is 364 g/mol. The first kappa shape index (κ1) is 19.0. The van der Waals surface area contributed by atoms with Gasteiger partial charge in [0, 0.05) is 53.0 Å². The van der Waals surface area contributed by atoms with Gasteiger partial charge < -0.3 is 21.1 Å². The second kappa shape index (κ2) is 8.32. The molecule has 1 aromatic heterocycles. The summed E-state index contributed by atoms with van der Waals surface area (Å²) in [5.41, 5.74) is 5.68. The summed E-state index contributed by atoms with van der Waals surface area (Å²) in [6.07, 6.45) is 2.35. The van der Waals surface area contributed by atoms with Gasteiger partial charge in [0.15, 0.2) is 5.78 Å². The molecule has 2 aromatic carbocycles. The Balaban J connectivity index is 1.73. The minimum Gasteiger partial charge on any atom is -0.396 e. The van der Waals surface area contributed by atoms with E-state index >= 15 is 0 Å². The maximum absolute atomic E-state index is 11.8. The molecule has 0 fully saturated rings. The summed E-state index contributed by atoms with van der Waals surface area (Å²) in [5.74, 6) is 0.803. The van der Waals surface area contributed by atoms with E-state index in [4.69, 9.17) is 5.11 Å². The summed E-state index contributed by atoms with van der Waals surface area (Å²) in [5, 5.41) is 19.3. The van der Waals surface area contributed by atoms with Gasteiger partial charge in [0.05, 0.1) is 0 Å². The minimum atomic E-state index is -0.177. The fraction of sp³-hybridized carbons (Fsp3) is 0.217. The van der Waals surface area contributed by atoms with Gasteiger partial charge in [0.1, 0.15) is 12.0 Å². The lowest BCUT2D eigenvalue weighted by Gasteiger charge is -2.31. The second-order valence-corrected chi connectivity index (χ2v) is 7.06. The van der Waals surface area contributed by atoms with Crippen molar-refractivity contribution in [1.29, 1.82) is 0 Å². The number of aliphatic hydroxyl groups is 1. The number of aromatic nitrogens is 1. The first-order valence-corrected chi connectivity index (χ1v) is 9.74. The monoisotopic (exact) mass is 388 g/mol. The van der Waals surface area contributed by atoms with Crippen LogP contribution in [0.5, 0.6) is 0 Å². The number of hydrogen-bond acceptors (Lipinski definition) is 6. The van der Waals surface area contributed by atoms with Gasteiger partial charge in [-0.1, -0.05) is 30.3 Å². The molecule has 6 heteroatoms. The van der Waals surface area contributed by atoms with Gasteiger partial charge >= 0.3 is 0 Å². The highest BCUT2D eigenvalue weighted by molar-refractivity contribution is 5.97. The number of carbonyl (C=O) groups is 1. The molecule has 1 aliphatic rings. The van der Waals surface area contributed by atoms with Crippen LogP contribution in [0.3, 0.4) is 0 Å². The number of para-hydroxylation sites is 1. The summed E-state index contributed by atoms with van der Waals surface area (Å²) in [6.45, 7) is 2.37. The van der Waals surface area contributed by atoms with Crippen LogP contribution in [0.1, 0.15) is 35.4 Å². The van der Waals surface area contributed by atoms with Crippen molar-refractivity contribution >= 4 is 23.0 Å². The topological polar surface area (TPSA) is 86.3 Å². The number of rotatable bonds is 7. The van der Waals surface area contributed by atoms with E-state index in [1.807, 2.05) is 60.8 Å². The van der Waals surface area contributed by atoms with Crippen LogP contribution in [0.15, 0.2) is 60.8 Å². The molecular formula is C23H24N4O2.